The maximum absolute atomic E-state index is 12.4. The van der Waals surface area contributed by atoms with Crippen LogP contribution in [0.25, 0.3) is 11.1 Å². The molecule has 25 heavy (non-hydrogen) atoms. The van der Waals surface area contributed by atoms with E-state index in [1.54, 1.807) is 4.90 Å². The first kappa shape index (κ1) is 17.2. The maximum atomic E-state index is 12.4. The van der Waals surface area contributed by atoms with E-state index in [0.717, 1.165) is 11.1 Å². The summed E-state index contributed by atoms with van der Waals surface area (Å²) in [5.41, 5.74) is 4.42. The number of hydrogen-bond donors (Lipinski definition) is 0. The van der Waals surface area contributed by atoms with Gasteiger partial charge in [0.15, 0.2) is 0 Å². The molecule has 3 heteroatoms. The molecule has 0 aromatic heterocycles. The monoisotopic (exact) mass is 349 g/mol. The molecule has 3 rings (SSSR count). The lowest BCUT2D eigenvalue weighted by molar-refractivity contribution is -0.129. The van der Waals surface area contributed by atoms with Crippen LogP contribution in [0.4, 0.5) is 0 Å². The van der Waals surface area contributed by atoms with Crippen LogP contribution < -0.4 is 0 Å². The Morgan fingerprint density at radius 2 is 1.52 bits per heavy atom. The Kier molecular flexibility index (Phi) is 5.52. The van der Waals surface area contributed by atoms with E-state index in [1.807, 2.05) is 49.5 Å². The predicted molar refractivity (Wildman–Crippen MR) is 104 cm³/mol. The Balaban J connectivity index is 1.62. The molecule has 0 N–H and O–H groups in total. The van der Waals surface area contributed by atoms with Gasteiger partial charge in [-0.25, -0.2) is 0 Å². The fourth-order valence-electron chi connectivity index (χ4n) is 2.75. The van der Waals surface area contributed by atoms with Gasteiger partial charge in [-0.15, -0.1) is 0 Å². The average molecular weight is 350 g/mol. The normalized spacial score (nSPS) is 10.5. The summed E-state index contributed by atoms with van der Waals surface area (Å²) in [6, 6.07) is 26.0. The van der Waals surface area contributed by atoms with Gasteiger partial charge in [-0.05, 0) is 34.4 Å². The van der Waals surface area contributed by atoms with Gasteiger partial charge in [0.1, 0.15) is 0 Å². The Morgan fingerprint density at radius 1 is 0.840 bits per heavy atom. The number of hydrogen-bond acceptors (Lipinski definition) is 1. The van der Waals surface area contributed by atoms with Crippen LogP contribution >= 0.6 is 11.6 Å². The summed E-state index contributed by atoms with van der Waals surface area (Å²) < 4.78 is 0. The van der Waals surface area contributed by atoms with Crippen LogP contribution in [0.5, 0.6) is 0 Å². The smallest absolute Gasteiger partial charge is 0.227 e. The van der Waals surface area contributed by atoms with Crippen LogP contribution in [-0.4, -0.2) is 17.9 Å². The molecule has 0 fully saturated rings. The molecule has 3 aromatic rings. The largest absolute Gasteiger partial charge is 0.341 e. The number of halogens is 1. The number of benzene rings is 3. The lowest BCUT2D eigenvalue weighted by Crippen LogP contribution is -2.27. The third kappa shape index (κ3) is 4.71. The molecule has 0 spiro atoms. The Hall–Kier alpha value is -2.58. The van der Waals surface area contributed by atoms with Crippen molar-refractivity contribution in [2.45, 2.75) is 13.0 Å². The van der Waals surface area contributed by atoms with Crippen molar-refractivity contribution >= 4 is 17.5 Å². The fourth-order valence-corrected chi connectivity index (χ4v) is 2.96. The molecule has 0 aliphatic rings. The van der Waals surface area contributed by atoms with Crippen molar-refractivity contribution in [2.24, 2.45) is 0 Å². The topological polar surface area (TPSA) is 20.3 Å². The molecule has 0 bridgehead atoms. The highest BCUT2D eigenvalue weighted by molar-refractivity contribution is 6.30. The Morgan fingerprint density at radius 3 is 2.20 bits per heavy atom. The minimum absolute atomic E-state index is 0.0782. The van der Waals surface area contributed by atoms with Crippen LogP contribution in [0.15, 0.2) is 78.9 Å². The highest BCUT2D eigenvalue weighted by Gasteiger charge is 2.10. The molecule has 0 aliphatic carbocycles. The van der Waals surface area contributed by atoms with E-state index in [1.165, 1.54) is 11.1 Å². The van der Waals surface area contributed by atoms with Crippen LogP contribution in [0.3, 0.4) is 0 Å². The Labute approximate surface area is 153 Å². The zero-order chi connectivity index (χ0) is 17.6. The molecule has 0 unspecified atom stereocenters. The van der Waals surface area contributed by atoms with Crippen LogP contribution in [0.1, 0.15) is 11.1 Å². The van der Waals surface area contributed by atoms with Gasteiger partial charge in [-0.2, -0.15) is 0 Å². The molecule has 0 aliphatic heterocycles. The van der Waals surface area contributed by atoms with Gasteiger partial charge < -0.3 is 4.90 Å². The lowest BCUT2D eigenvalue weighted by Gasteiger charge is -2.17. The summed E-state index contributed by atoms with van der Waals surface area (Å²) in [6.45, 7) is 0.592. The average Bonchev–Trinajstić information content (AvgIpc) is 2.63. The number of amides is 1. The minimum Gasteiger partial charge on any atom is -0.341 e. The standard InChI is InChI=1S/C22H20ClNO/c1-24(22(25)15-18-6-5-9-21(23)14-18)16-17-10-12-20(13-11-17)19-7-3-2-4-8-19/h2-14H,15-16H2,1H3. The summed E-state index contributed by atoms with van der Waals surface area (Å²) in [4.78, 5) is 14.1. The van der Waals surface area contributed by atoms with Gasteiger partial charge in [-0.1, -0.05) is 78.3 Å². The highest BCUT2D eigenvalue weighted by atomic mass is 35.5. The van der Waals surface area contributed by atoms with Gasteiger partial charge in [0.25, 0.3) is 0 Å². The van der Waals surface area contributed by atoms with Gasteiger partial charge in [0.2, 0.25) is 5.91 Å². The third-order valence-electron chi connectivity index (χ3n) is 4.15. The van der Waals surface area contributed by atoms with E-state index in [2.05, 4.69) is 36.4 Å². The molecule has 126 valence electrons. The van der Waals surface area contributed by atoms with Gasteiger partial charge in [-0.3, -0.25) is 4.79 Å². The molecule has 0 heterocycles. The molecular formula is C22H20ClNO. The summed E-state index contributed by atoms with van der Waals surface area (Å²) in [7, 11) is 1.83. The van der Waals surface area contributed by atoms with E-state index in [4.69, 9.17) is 11.6 Å². The summed E-state index contributed by atoms with van der Waals surface area (Å²) in [6.07, 6.45) is 0.360. The quantitative estimate of drug-likeness (QED) is 0.619. The first-order valence-electron chi connectivity index (χ1n) is 8.24. The zero-order valence-corrected chi connectivity index (χ0v) is 14.9. The van der Waals surface area contributed by atoms with E-state index in [9.17, 15) is 4.79 Å². The van der Waals surface area contributed by atoms with Crippen LogP contribution in [0, 0.1) is 0 Å². The predicted octanol–water partition coefficient (Wildman–Crippen LogP) is 5.21. The molecule has 2 nitrogen and oxygen atoms in total. The number of likely N-dealkylation sites (N-methyl/N-ethyl adjacent to an activating group) is 1. The summed E-state index contributed by atoms with van der Waals surface area (Å²) >= 11 is 5.98. The maximum Gasteiger partial charge on any atom is 0.227 e. The van der Waals surface area contributed by atoms with Crippen LogP contribution in [0.2, 0.25) is 5.02 Å². The first-order valence-corrected chi connectivity index (χ1v) is 8.62. The van der Waals surface area contributed by atoms with Gasteiger partial charge >= 0.3 is 0 Å². The van der Waals surface area contributed by atoms with Crippen molar-refractivity contribution in [1.29, 1.82) is 0 Å². The minimum atomic E-state index is 0.0782. The van der Waals surface area contributed by atoms with Crippen molar-refractivity contribution in [3.63, 3.8) is 0 Å². The van der Waals surface area contributed by atoms with Crippen molar-refractivity contribution in [2.75, 3.05) is 7.05 Å². The molecule has 1 amide bonds. The van der Waals surface area contributed by atoms with Gasteiger partial charge in [0.05, 0.1) is 6.42 Å². The number of nitrogens with zero attached hydrogens (tertiary/aromatic N) is 1. The molecule has 3 aromatic carbocycles. The van der Waals surface area contributed by atoms with E-state index < -0.39 is 0 Å². The van der Waals surface area contributed by atoms with Crippen LogP contribution in [-0.2, 0) is 17.8 Å². The zero-order valence-electron chi connectivity index (χ0n) is 14.2. The second-order valence-corrected chi connectivity index (χ2v) is 6.56. The van der Waals surface area contributed by atoms with Crippen molar-refractivity contribution in [3.05, 3.63) is 95.0 Å². The molecule has 0 atom stereocenters. The third-order valence-corrected chi connectivity index (χ3v) is 4.39. The molecule has 0 radical (unpaired) electrons. The van der Waals surface area contributed by atoms with Crippen molar-refractivity contribution < 1.29 is 4.79 Å². The highest BCUT2D eigenvalue weighted by Crippen LogP contribution is 2.20. The summed E-state index contributed by atoms with van der Waals surface area (Å²) in [5, 5.41) is 0.657. The van der Waals surface area contributed by atoms with E-state index >= 15 is 0 Å². The lowest BCUT2D eigenvalue weighted by atomic mass is 10.0. The Bertz CT molecular complexity index is 843. The van der Waals surface area contributed by atoms with Crippen molar-refractivity contribution in [3.8, 4) is 11.1 Å². The number of rotatable bonds is 5. The van der Waals surface area contributed by atoms with Gasteiger partial charge in [0, 0.05) is 18.6 Å². The molecule has 0 saturated heterocycles. The van der Waals surface area contributed by atoms with E-state index in [0.29, 0.717) is 18.0 Å². The first-order chi connectivity index (χ1) is 12.1. The molecular weight excluding hydrogens is 330 g/mol. The number of carbonyl (C=O) groups is 1. The summed E-state index contributed by atoms with van der Waals surface area (Å²) in [5.74, 6) is 0.0782. The second kappa shape index (κ2) is 8.00. The van der Waals surface area contributed by atoms with E-state index in [-0.39, 0.29) is 5.91 Å². The SMILES string of the molecule is CN(Cc1ccc(-c2ccccc2)cc1)C(=O)Cc1cccc(Cl)c1. The second-order valence-electron chi connectivity index (χ2n) is 6.12. The molecule has 0 saturated carbocycles. The number of carbonyl (C=O) groups excluding carboxylic acids is 1. The fraction of sp³-hybridized carbons (Fsp3) is 0.136. The van der Waals surface area contributed by atoms with Crippen molar-refractivity contribution in [1.82, 2.24) is 4.90 Å².